The Morgan fingerprint density at radius 3 is 2.56 bits per heavy atom. The van der Waals surface area contributed by atoms with Crippen molar-refractivity contribution in [3.8, 4) is 0 Å². The number of halogens is 2. The molecule has 0 spiro atoms. The summed E-state index contributed by atoms with van der Waals surface area (Å²) in [7, 11) is 0. The number of rotatable bonds is 6. The lowest BCUT2D eigenvalue weighted by Crippen LogP contribution is -2.50. The number of carbonyl (C=O) groups is 1. The van der Waals surface area contributed by atoms with Gasteiger partial charge in [-0.2, -0.15) is 0 Å². The van der Waals surface area contributed by atoms with Crippen molar-refractivity contribution < 1.29 is 9.53 Å². The van der Waals surface area contributed by atoms with Crippen molar-refractivity contribution in [2.24, 2.45) is 0 Å². The number of hydrogen-bond acceptors (Lipinski definition) is 4. The Bertz CT molecular complexity index is 628. The number of carbonyl (C=O) groups excluding carboxylic acids is 1. The number of likely N-dealkylation sites (tertiary alicyclic amines) is 1. The summed E-state index contributed by atoms with van der Waals surface area (Å²) < 4.78 is 5.83. The van der Waals surface area contributed by atoms with Crippen LogP contribution < -0.4 is 5.32 Å². The van der Waals surface area contributed by atoms with Crippen LogP contribution in [0.1, 0.15) is 33.1 Å². The number of morpholine rings is 1. The molecular formula is C20H29Cl2N3O2. The van der Waals surface area contributed by atoms with Crippen molar-refractivity contribution in [1.29, 1.82) is 0 Å². The molecule has 2 fully saturated rings. The van der Waals surface area contributed by atoms with Gasteiger partial charge in [-0.1, -0.05) is 29.3 Å². The minimum atomic E-state index is -0.0516. The second-order valence-corrected chi connectivity index (χ2v) is 8.52. The highest BCUT2D eigenvalue weighted by Crippen LogP contribution is 2.30. The molecule has 3 atom stereocenters. The van der Waals surface area contributed by atoms with E-state index in [-0.39, 0.29) is 18.1 Å². The summed E-state index contributed by atoms with van der Waals surface area (Å²) in [5.41, 5.74) is 0.500. The predicted octanol–water partition coefficient (Wildman–Crippen LogP) is 3.90. The van der Waals surface area contributed by atoms with Crippen LogP contribution in [-0.4, -0.2) is 66.7 Å². The summed E-state index contributed by atoms with van der Waals surface area (Å²) in [6, 6.07) is 5.73. The lowest BCUT2D eigenvalue weighted by atomic mass is 10.1. The lowest BCUT2D eigenvalue weighted by molar-refractivity contribution is -0.116. The highest BCUT2D eigenvalue weighted by atomic mass is 35.5. The summed E-state index contributed by atoms with van der Waals surface area (Å²) >= 11 is 12.3. The molecule has 2 aliphatic heterocycles. The molecule has 3 rings (SSSR count). The van der Waals surface area contributed by atoms with Crippen molar-refractivity contribution in [1.82, 2.24) is 9.80 Å². The van der Waals surface area contributed by atoms with Crippen molar-refractivity contribution in [3.05, 3.63) is 28.2 Å². The van der Waals surface area contributed by atoms with Crippen LogP contribution in [0, 0.1) is 0 Å². The molecule has 1 amide bonds. The fourth-order valence-corrected chi connectivity index (χ4v) is 4.68. The molecule has 0 aromatic heterocycles. The van der Waals surface area contributed by atoms with Gasteiger partial charge in [-0.3, -0.25) is 14.6 Å². The van der Waals surface area contributed by atoms with E-state index >= 15 is 0 Å². The van der Waals surface area contributed by atoms with Crippen LogP contribution in [0.15, 0.2) is 18.2 Å². The van der Waals surface area contributed by atoms with Crippen LogP contribution in [0.5, 0.6) is 0 Å². The van der Waals surface area contributed by atoms with Gasteiger partial charge < -0.3 is 10.1 Å². The third-order valence-electron chi connectivity index (χ3n) is 5.32. The van der Waals surface area contributed by atoms with Crippen LogP contribution >= 0.6 is 23.2 Å². The Kier molecular flexibility index (Phi) is 7.40. The molecule has 7 heteroatoms. The summed E-state index contributed by atoms with van der Waals surface area (Å²) in [4.78, 5) is 17.3. The van der Waals surface area contributed by atoms with Crippen molar-refractivity contribution in [2.75, 3.05) is 38.0 Å². The molecule has 2 aliphatic rings. The molecule has 0 saturated carbocycles. The van der Waals surface area contributed by atoms with Gasteiger partial charge in [0, 0.05) is 38.6 Å². The molecule has 0 aliphatic carbocycles. The average Bonchev–Trinajstić information content (AvgIpc) is 3.02. The molecule has 1 N–H and O–H groups in total. The highest BCUT2D eigenvalue weighted by Gasteiger charge is 2.30. The predicted molar refractivity (Wildman–Crippen MR) is 111 cm³/mol. The number of hydrogen-bond donors (Lipinski definition) is 1. The van der Waals surface area contributed by atoms with Crippen LogP contribution in [0.3, 0.4) is 0 Å². The van der Waals surface area contributed by atoms with E-state index in [1.54, 1.807) is 18.2 Å². The van der Waals surface area contributed by atoms with E-state index in [0.29, 0.717) is 28.2 Å². The highest BCUT2D eigenvalue weighted by molar-refractivity contribution is 6.39. The van der Waals surface area contributed by atoms with Gasteiger partial charge in [0.1, 0.15) is 0 Å². The number of nitrogens with zero attached hydrogens (tertiary/aromatic N) is 2. The molecule has 3 unspecified atom stereocenters. The fraction of sp³-hybridized carbons (Fsp3) is 0.650. The third kappa shape index (κ3) is 5.81. The zero-order valence-corrected chi connectivity index (χ0v) is 17.6. The summed E-state index contributed by atoms with van der Waals surface area (Å²) in [5.74, 6) is -0.0516. The fourth-order valence-electron chi connectivity index (χ4n) is 4.19. The first kappa shape index (κ1) is 20.9. The maximum atomic E-state index is 12.4. The zero-order valence-electron chi connectivity index (χ0n) is 16.1. The SMILES string of the molecule is CC1CN(CC2CCCN2CCC(=O)Nc2c(Cl)cccc2Cl)CC(C)O1. The Morgan fingerprint density at radius 2 is 1.89 bits per heavy atom. The summed E-state index contributed by atoms with van der Waals surface area (Å²) in [5, 5.41) is 3.78. The smallest absolute Gasteiger partial charge is 0.225 e. The standard InChI is InChI=1S/C20H29Cl2N3O2/c1-14-11-24(12-15(2)27-14)13-16-5-4-9-25(16)10-8-19(26)23-20-17(21)6-3-7-18(20)22/h3,6-7,14-16H,4-5,8-13H2,1-2H3,(H,23,26). The van der Waals surface area contributed by atoms with E-state index in [2.05, 4.69) is 29.0 Å². The molecule has 5 nitrogen and oxygen atoms in total. The van der Waals surface area contributed by atoms with Crippen LogP contribution in [0.4, 0.5) is 5.69 Å². The Balaban J connectivity index is 1.49. The summed E-state index contributed by atoms with van der Waals surface area (Å²) in [6.45, 7) is 9.11. The second kappa shape index (κ2) is 9.57. The van der Waals surface area contributed by atoms with Gasteiger partial charge in [0.25, 0.3) is 0 Å². The van der Waals surface area contributed by atoms with Gasteiger partial charge in [-0.25, -0.2) is 0 Å². The van der Waals surface area contributed by atoms with Crippen molar-refractivity contribution in [3.63, 3.8) is 0 Å². The van der Waals surface area contributed by atoms with Gasteiger partial charge >= 0.3 is 0 Å². The van der Waals surface area contributed by atoms with Gasteiger partial charge in [0.2, 0.25) is 5.91 Å². The van der Waals surface area contributed by atoms with Crippen LogP contribution in [0.2, 0.25) is 10.0 Å². The van der Waals surface area contributed by atoms with Crippen LogP contribution in [0.25, 0.3) is 0 Å². The molecule has 2 heterocycles. The topological polar surface area (TPSA) is 44.8 Å². The molecule has 0 bridgehead atoms. The monoisotopic (exact) mass is 413 g/mol. The number of ether oxygens (including phenoxy) is 1. The van der Waals surface area contributed by atoms with E-state index in [1.165, 1.54) is 12.8 Å². The van der Waals surface area contributed by atoms with E-state index in [4.69, 9.17) is 27.9 Å². The molecule has 27 heavy (non-hydrogen) atoms. The molecule has 1 aromatic rings. The van der Waals surface area contributed by atoms with Gasteiger partial charge in [-0.15, -0.1) is 0 Å². The molecule has 150 valence electrons. The van der Waals surface area contributed by atoms with E-state index in [0.717, 1.165) is 32.7 Å². The van der Waals surface area contributed by atoms with E-state index < -0.39 is 0 Å². The average molecular weight is 414 g/mol. The Hall–Kier alpha value is -0.850. The number of benzene rings is 1. The number of nitrogens with one attached hydrogen (secondary N) is 1. The largest absolute Gasteiger partial charge is 0.373 e. The van der Waals surface area contributed by atoms with Gasteiger partial charge in [0.15, 0.2) is 0 Å². The van der Waals surface area contributed by atoms with Gasteiger partial charge in [0.05, 0.1) is 27.9 Å². The number of amides is 1. The van der Waals surface area contributed by atoms with Crippen LogP contribution in [-0.2, 0) is 9.53 Å². The van der Waals surface area contributed by atoms with E-state index in [1.807, 2.05) is 0 Å². The molecule has 2 saturated heterocycles. The Labute approximate surface area is 171 Å². The first-order valence-electron chi connectivity index (χ1n) is 9.78. The molecule has 1 aromatic carbocycles. The van der Waals surface area contributed by atoms with Gasteiger partial charge in [-0.05, 0) is 45.4 Å². The maximum absolute atomic E-state index is 12.4. The van der Waals surface area contributed by atoms with E-state index in [9.17, 15) is 4.79 Å². The summed E-state index contributed by atoms with van der Waals surface area (Å²) in [6.07, 6.45) is 3.40. The van der Waals surface area contributed by atoms with Crippen molar-refractivity contribution in [2.45, 2.75) is 51.4 Å². The third-order valence-corrected chi connectivity index (χ3v) is 5.95. The minimum Gasteiger partial charge on any atom is -0.373 e. The van der Waals surface area contributed by atoms with Crippen molar-refractivity contribution >= 4 is 34.8 Å². The number of para-hydroxylation sites is 1. The lowest BCUT2D eigenvalue weighted by Gasteiger charge is -2.38. The second-order valence-electron chi connectivity index (χ2n) is 7.70. The molecular weight excluding hydrogens is 385 g/mol. The number of anilines is 1. The normalized spacial score (nSPS) is 27.0. The first-order valence-corrected chi connectivity index (χ1v) is 10.5. The minimum absolute atomic E-state index is 0.0516. The Morgan fingerprint density at radius 1 is 1.22 bits per heavy atom. The maximum Gasteiger partial charge on any atom is 0.225 e. The molecule has 0 radical (unpaired) electrons. The first-order chi connectivity index (χ1) is 12.9. The quantitative estimate of drug-likeness (QED) is 0.767. The zero-order chi connectivity index (χ0) is 19.4.